The lowest BCUT2D eigenvalue weighted by Gasteiger charge is -1.95. The Hall–Kier alpha value is -1.75. The summed E-state index contributed by atoms with van der Waals surface area (Å²) >= 11 is 1.12. The Labute approximate surface area is 107 Å². The molecule has 92 valence electrons. The van der Waals surface area contributed by atoms with Crippen LogP contribution in [0.25, 0.3) is 10.6 Å². The third-order valence-corrected chi connectivity index (χ3v) is 3.99. The molecule has 1 aromatic carbocycles. The maximum Gasteiger partial charge on any atom is 0.347 e. The van der Waals surface area contributed by atoms with Crippen molar-refractivity contribution in [3.63, 3.8) is 0 Å². The maximum absolute atomic E-state index is 13.2. The summed E-state index contributed by atoms with van der Waals surface area (Å²) in [6, 6.07) is 6.08. The van der Waals surface area contributed by atoms with Crippen LogP contribution in [0.2, 0.25) is 0 Å². The van der Waals surface area contributed by atoms with Gasteiger partial charge in [-0.15, -0.1) is 11.3 Å². The van der Waals surface area contributed by atoms with Gasteiger partial charge in [0.2, 0.25) is 0 Å². The van der Waals surface area contributed by atoms with Gasteiger partial charge in [-0.05, 0) is 25.0 Å². The Morgan fingerprint density at radius 1 is 1.44 bits per heavy atom. The van der Waals surface area contributed by atoms with E-state index in [-0.39, 0.29) is 16.6 Å². The average molecular weight is 263 g/mol. The first-order valence-electron chi connectivity index (χ1n) is 5.65. The molecule has 0 bridgehead atoms. The van der Waals surface area contributed by atoms with Crippen molar-refractivity contribution < 1.29 is 14.3 Å². The van der Waals surface area contributed by atoms with Gasteiger partial charge in [-0.3, -0.25) is 0 Å². The fraction of sp³-hybridized carbons (Fsp3) is 0.231. The number of nitrogens with zero attached hydrogens (tertiary/aromatic N) is 1. The van der Waals surface area contributed by atoms with E-state index in [9.17, 15) is 9.18 Å². The molecular weight excluding hydrogens is 253 g/mol. The fourth-order valence-electron chi connectivity index (χ4n) is 1.86. The molecule has 5 heteroatoms. The van der Waals surface area contributed by atoms with Crippen LogP contribution in [0.3, 0.4) is 0 Å². The molecule has 0 unspecified atom stereocenters. The number of aromatic nitrogens is 1. The number of benzene rings is 1. The second-order valence-corrected chi connectivity index (χ2v) is 5.32. The quantitative estimate of drug-likeness (QED) is 0.921. The topological polar surface area (TPSA) is 50.2 Å². The highest BCUT2D eigenvalue weighted by atomic mass is 32.1. The van der Waals surface area contributed by atoms with Gasteiger partial charge in [0.15, 0.2) is 0 Å². The Balaban J connectivity index is 2.07. The molecule has 1 heterocycles. The van der Waals surface area contributed by atoms with Gasteiger partial charge in [-0.2, -0.15) is 0 Å². The van der Waals surface area contributed by atoms with Crippen LogP contribution in [-0.4, -0.2) is 16.1 Å². The molecule has 0 saturated heterocycles. The predicted molar refractivity (Wildman–Crippen MR) is 66.4 cm³/mol. The van der Waals surface area contributed by atoms with Crippen LogP contribution in [0.4, 0.5) is 4.39 Å². The van der Waals surface area contributed by atoms with Crippen molar-refractivity contribution in [3.8, 4) is 10.6 Å². The Morgan fingerprint density at radius 3 is 2.83 bits per heavy atom. The molecule has 1 aliphatic carbocycles. The molecule has 0 aliphatic heterocycles. The standard InChI is InChI=1S/C13H10FNO2S/c14-9-3-1-2-8(6-9)12-15-10(7-4-5-7)11(18-12)13(16)17/h1-3,6-7H,4-5H2,(H,16,17). The summed E-state index contributed by atoms with van der Waals surface area (Å²) in [4.78, 5) is 15.8. The highest BCUT2D eigenvalue weighted by molar-refractivity contribution is 7.17. The van der Waals surface area contributed by atoms with E-state index in [0.29, 0.717) is 16.3 Å². The van der Waals surface area contributed by atoms with Gasteiger partial charge in [-0.25, -0.2) is 14.2 Å². The molecule has 1 saturated carbocycles. The Bertz CT molecular complexity index is 619. The van der Waals surface area contributed by atoms with Crippen LogP contribution < -0.4 is 0 Å². The normalized spacial score (nSPS) is 14.7. The van der Waals surface area contributed by atoms with Crippen LogP contribution in [-0.2, 0) is 0 Å². The van der Waals surface area contributed by atoms with Gasteiger partial charge >= 0.3 is 5.97 Å². The highest BCUT2D eigenvalue weighted by Gasteiger charge is 2.32. The van der Waals surface area contributed by atoms with Crippen molar-refractivity contribution in [2.24, 2.45) is 0 Å². The number of carboxylic acid groups (broad SMARTS) is 1. The SMILES string of the molecule is O=C(O)c1sc(-c2cccc(F)c2)nc1C1CC1. The molecule has 0 amide bonds. The Kier molecular flexibility index (Phi) is 2.63. The van der Waals surface area contributed by atoms with E-state index >= 15 is 0 Å². The molecular formula is C13H10FNO2S. The van der Waals surface area contributed by atoms with Crippen molar-refractivity contribution in [1.29, 1.82) is 0 Å². The van der Waals surface area contributed by atoms with Gasteiger partial charge in [0.1, 0.15) is 15.7 Å². The lowest BCUT2D eigenvalue weighted by molar-refractivity contribution is 0.0700. The van der Waals surface area contributed by atoms with Gasteiger partial charge in [0, 0.05) is 11.5 Å². The monoisotopic (exact) mass is 263 g/mol. The van der Waals surface area contributed by atoms with Crippen LogP contribution in [0.5, 0.6) is 0 Å². The predicted octanol–water partition coefficient (Wildman–Crippen LogP) is 3.52. The molecule has 1 fully saturated rings. The lowest BCUT2D eigenvalue weighted by Crippen LogP contribution is -1.97. The van der Waals surface area contributed by atoms with Crippen molar-refractivity contribution >= 4 is 17.3 Å². The molecule has 2 aromatic rings. The highest BCUT2D eigenvalue weighted by Crippen LogP contribution is 2.44. The van der Waals surface area contributed by atoms with E-state index < -0.39 is 5.97 Å². The lowest BCUT2D eigenvalue weighted by atomic mass is 10.2. The second-order valence-electron chi connectivity index (χ2n) is 4.32. The molecule has 1 aromatic heterocycles. The first kappa shape index (κ1) is 11.3. The number of hydrogen-bond donors (Lipinski definition) is 1. The second kappa shape index (κ2) is 4.17. The van der Waals surface area contributed by atoms with E-state index in [2.05, 4.69) is 4.98 Å². The summed E-state index contributed by atoms with van der Waals surface area (Å²) < 4.78 is 13.2. The van der Waals surface area contributed by atoms with E-state index in [1.54, 1.807) is 12.1 Å². The largest absolute Gasteiger partial charge is 0.477 e. The number of carbonyl (C=O) groups is 1. The van der Waals surface area contributed by atoms with E-state index in [1.807, 2.05) is 0 Å². The summed E-state index contributed by atoms with van der Waals surface area (Å²) in [5.74, 6) is -1.01. The minimum Gasteiger partial charge on any atom is -0.477 e. The zero-order valence-electron chi connectivity index (χ0n) is 9.39. The van der Waals surface area contributed by atoms with Crippen molar-refractivity contribution in [2.75, 3.05) is 0 Å². The molecule has 1 N–H and O–H groups in total. The van der Waals surface area contributed by atoms with E-state index in [4.69, 9.17) is 5.11 Å². The van der Waals surface area contributed by atoms with Crippen molar-refractivity contribution in [1.82, 2.24) is 4.98 Å². The maximum atomic E-state index is 13.2. The molecule has 3 rings (SSSR count). The van der Waals surface area contributed by atoms with Crippen LogP contribution in [0, 0.1) is 5.82 Å². The van der Waals surface area contributed by atoms with Gasteiger partial charge < -0.3 is 5.11 Å². The number of aromatic carboxylic acids is 1. The van der Waals surface area contributed by atoms with Gasteiger partial charge in [0.25, 0.3) is 0 Å². The summed E-state index contributed by atoms with van der Waals surface area (Å²) in [5.41, 5.74) is 1.29. The number of thiazole rings is 1. The van der Waals surface area contributed by atoms with Crippen LogP contribution in [0.15, 0.2) is 24.3 Å². The van der Waals surface area contributed by atoms with E-state index in [0.717, 1.165) is 24.2 Å². The summed E-state index contributed by atoms with van der Waals surface area (Å²) in [6.07, 6.45) is 1.99. The van der Waals surface area contributed by atoms with Crippen LogP contribution >= 0.6 is 11.3 Å². The molecule has 0 spiro atoms. The minimum atomic E-state index is -0.947. The smallest absolute Gasteiger partial charge is 0.347 e. The van der Waals surface area contributed by atoms with Gasteiger partial charge in [0.05, 0.1) is 5.69 Å². The Morgan fingerprint density at radius 2 is 2.22 bits per heavy atom. The number of rotatable bonds is 3. The third-order valence-electron chi connectivity index (χ3n) is 2.88. The van der Waals surface area contributed by atoms with Gasteiger partial charge in [-0.1, -0.05) is 12.1 Å². The summed E-state index contributed by atoms with van der Waals surface area (Å²) in [6.45, 7) is 0. The molecule has 3 nitrogen and oxygen atoms in total. The third kappa shape index (κ3) is 2.01. The fourth-order valence-corrected chi connectivity index (χ4v) is 2.85. The average Bonchev–Trinajstić information content (AvgIpc) is 3.07. The molecule has 0 atom stereocenters. The zero-order chi connectivity index (χ0) is 12.7. The minimum absolute atomic E-state index is 0.273. The number of carboxylic acids is 1. The molecule has 0 radical (unpaired) electrons. The summed E-state index contributed by atoms with van der Waals surface area (Å²) in [7, 11) is 0. The number of hydrogen-bond acceptors (Lipinski definition) is 3. The zero-order valence-corrected chi connectivity index (χ0v) is 10.2. The van der Waals surface area contributed by atoms with Crippen molar-refractivity contribution in [3.05, 3.63) is 40.7 Å². The first-order chi connectivity index (χ1) is 8.65. The molecule has 18 heavy (non-hydrogen) atoms. The summed E-state index contributed by atoms with van der Waals surface area (Å²) in [5, 5.41) is 9.73. The van der Waals surface area contributed by atoms with Crippen molar-refractivity contribution in [2.45, 2.75) is 18.8 Å². The number of halogens is 1. The molecule has 1 aliphatic rings. The van der Waals surface area contributed by atoms with Crippen LogP contribution in [0.1, 0.15) is 34.1 Å². The van der Waals surface area contributed by atoms with E-state index in [1.165, 1.54) is 12.1 Å². The first-order valence-corrected chi connectivity index (χ1v) is 6.47.